The third-order valence-electron chi connectivity index (χ3n) is 13.3. The molecule has 0 radical (unpaired) electrons. The lowest BCUT2D eigenvalue weighted by Gasteiger charge is -2.27. The first-order valence-corrected chi connectivity index (χ1v) is 22.3. The zero-order valence-electron chi connectivity index (χ0n) is 35.5. The summed E-state index contributed by atoms with van der Waals surface area (Å²) >= 11 is 0. The van der Waals surface area contributed by atoms with Crippen LogP contribution < -0.4 is 4.90 Å². The smallest absolute Gasteiger partial charge is 0.0619 e. The second-order valence-corrected chi connectivity index (χ2v) is 16.9. The Labute approximate surface area is 376 Å². The highest BCUT2D eigenvalue weighted by molar-refractivity contribution is 6.15. The molecular weight excluding hydrogens is 787 g/mol. The van der Waals surface area contributed by atoms with Crippen molar-refractivity contribution in [3.63, 3.8) is 0 Å². The fourth-order valence-electron chi connectivity index (χ4n) is 10.4. The standard InChI is InChI=1S/C62H41N3/c1-2-17-45(18-3-1)65-61-31-13-10-26-56(61)57-28-15-27-51(62(57)65)42-32-36-46(37-33-42)63(48-19-14-20-49(41-48)64-59-29-11-8-24-54(59)55-25-9-12-30-60(55)64)47-38-34-43(35-39-47)58-40-44-16-4-5-21-50(44)52-22-6-7-23-53(52)58/h1-41H. The molecule has 0 bridgehead atoms. The lowest BCUT2D eigenvalue weighted by molar-refractivity contribution is 1.17. The highest BCUT2D eigenvalue weighted by atomic mass is 15.1. The fourth-order valence-corrected chi connectivity index (χ4v) is 10.4. The average molecular weight is 828 g/mol. The van der Waals surface area contributed by atoms with Crippen LogP contribution in [-0.2, 0) is 0 Å². The van der Waals surface area contributed by atoms with Gasteiger partial charge in [0.1, 0.15) is 0 Å². The van der Waals surface area contributed by atoms with Crippen LogP contribution in [0.2, 0.25) is 0 Å². The largest absolute Gasteiger partial charge is 0.310 e. The second kappa shape index (κ2) is 15.0. The molecule has 0 aliphatic carbocycles. The molecule has 0 aliphatic heterocycles. The highest BCUT2D eigenvalue weighted by Crippen LogP contribution is 2.43. The highest BCUT2D eigenvalue weighted by Gasteiger charge is 2.20. The molecule has 2 heterocycles. The summed E-state index contributed by atoms with van der Waals surface area (Å²) in [5, 5.41) is 10.0. The number of nitrogens with zero attached hydrogens (tertiary/aromatic N) is 3. The van der Waals surface area contributed by atoms with Gasteiger partial charge in [0.2, 0.25) is 0 Å². The van der Waals surface area contributed by atoms with Gasteiger partial charge in [-0.25, -0.2) is 0 Å². The molecule has 304 valence electrons. The fraction of sp³-hybridized carbons (Fsp3) is 0. The Morgan fingerprint density at radius 3 is 1.40 bits per heavy atom. The molecular formula is C62H41N3. The number of benzene rings is 11. The number of aromatic nitrogens is 2. The maximum atomic E-state index is 2.42. The van der Waals surface area contributed by atoms with E-state index in [1.165, 1.54) is 81.8 Å². The summed E-state index contributed by atoms with van der Waals surface area (Å²) in [4.78, 5) is 2.39. The van der Waals surface area contributed by atoms with E-state index in [4.69, 9.17) is 0 Å². The van der Waals surface area contributed by atoms with E-state index in [0.717, 1.165) is 34.0 Å². The van der Waals surface area contributed by atoms with Crippen molar-refractivity contribution >= 4 is 82.2 Å². The van der Waals surface area contributed by atoms with Crippen LogP contribution in [-0.4, -0.2) is 9.13 Å². The maximum absolute atomic E-state index is 2.42. The van der Waals surface area contributed by atoms with Crippen LogP contribution in [0.15, 0.2) is 249 Å². The van der Waals surface area contributed by atoms with Gasteiger partial charge in [-0.15, -0.1) is 0 Å². The SMILES string of the molecule is c1ccc(-n2c3ccccc3c3cccc(-c4ccc(N(c5ccc(-c6cc7ccccc7c7ccccc67)cc5)c5cccc(-n6c7ccccc7c7ccccc76)c5)cc4)c32)cc1. The lowest BCUT2D eigenvalue weighted by atomic mass is 9.93. The molecule has 65 heavy (non-hydrogen) atoms. The summed E-state index contributed by atoms with van der Waals surface area (Å²) in [6.07, 6.45) is 0. The molecule has 3 nitrogen and oxygen atoms in total. The van der Waals surface area contributed by atoms with Crippen molar-refractivity contribution in [2.24, 2.45) is 0 Å². The molecule has 0 unspecified atom stereocenters. The van der Waals surface area contributed by atoms with Crippen LogP contribution in [0.3, 0.4) is 0 Å². The van der Waals surface area contributed by atoms with E-state index in [1.807, 2.05) is 0 Å². The number of rotatable bonds is 7. The molecule has 3 heteroatoms. The first kappa shape index (κ1) is 36.9. The molecule has 2 aromatic heterocycles. The van der Waals surface area contributed by atoms with Gasteiger partial charge in [0, 0.05) is 55.5 Å². The summed E-state index contributed by atoms with van der Waals surface area (Å²) in [6, 6.07) is 90.7. The molecule has 0 fully saturated rings. The number of hydrogen-bond donors (Lipinski definition) is 0. The van der Waals surface area contributed by atoms with Crippen LogP contribution in [0.25, 0.3) is 98.8 Å². The first-order chi connectivity index (χ1) is 32.3. The Bertz CT molecular complexity index is 3880. The summed E-state index contributed by atoms with van der Waals surface area (Å²) in [5.74, 6) is 0. The number of para-hydroxylation sites is 5. The van der Waals surface area contributed by atoms with Gasteiger partial charge in [-0.3, -0.25) is 0 Å². The van der Waals surface area contributed by atoms with Crippen molar-refractivity contribution in [2.45, 2.75) is 0 Å². The molecule has 11 aromatic carbocycles. The Hall–Kier alpha value is -8.66. The predicted molar refractivity (Wildman–Crippen MR) is 276 cm³/mol. The molecule has 0 spiro atoms. The van der Waals surface area contributed by atoms with Crippen LogP contribution in [0.1, 0.15) is 0 Å². The third kappa shape index (κ3) is 5.97. The Balaban J connectivity index is 0.974. The van der Waals surface area contributed by atoms with Crippen molar-refractivity contribution < 1.29 is 0 Å². The molecule has 0 N–H and O–H groups in total. The molecule has 13 rings (SSSR count). The average Bonchev–Trinajstić information content (AvgIpc) is 3.90. The van der Waals surface area contributed by atoms with Gasteiger partial charge in [0.15, 0.2) is 0 Å². The monoisotopic (exact) mass is 827 g/mol. The number of anilines is 3. The van der Waals surface area contributed by atoms with Crippen molar-refractivity contribution in [2.75, 3.05) is 4.90 Å². The zero-order chi connectivity index (χ0) is 42.8. The molecule has 13 aromatic rings. The third-order valence-corrected chi connectivity index (χ3v) is 13.3. The second-order valence-electron chi connectivity index (χ2n) is 16.9. The quantitative estimate of drug-likeness (QED) is 0.146. The van der Waals surface area contributed by atoms with Gasteiger partial charge in [-0.05, 0) is 117 Å². The molecule has 0 aliphatic rings. The maximum Gasteiger partial charge on any atom is 0.0619 e. The Morgan fingerprint density at radius 2 is 0.738 bits per heavy atom. The summed E-state index contributed by atoms with van der Waals surface area (Å²) in [7, 11) is 0. The van der Waals surface area contributed by atoms with Crippen LogP contribution in [0.5, 0.6) is 0 Å². The van der Waals surface area contributed by atoms with E-state index in [-0.39, 0.29) is 0 Å². The van der Waals surface area contributed by atoms with Crippen molar-refractivity contribution in [1.29, 1.82) is 0 Å². The van der Waals surface area contributed by atoms with Gasteiger partial charge in [0.25, 0.3) is 0 Å². The number of hydrogen-bond acceptors (Lipinski definition) is 1. The van der Waals surface area contributed by atoms with Gasteiger partial charge < -0.3 is 14.0 Å². The molecule has 0 saturated carbocycles. The van der Waals surface area contributed by atoms with Gasteiger partial charge in [0.05, 0.1) is 22.1 Å². The van der Waals surface area contributed by atoms with E-state index in [2.05, 4.69) is 263 Å². The normalized spacial score (nSPS) is 11.7. The Kier molecular flexibility index (Phi) is 8.53. The van der Waals surface area contributed by atoms with Crippen molar-refractivity contribution in [3.05, 3.63) is 249 Å². The minimum Gasteiger partial charge on any atom is -0.310 e. The van der Waals surface area contributed by atoms with Crippen LogP contribution >= 0.6 is 0 Å². The Morgan fingerprint density at radius 1 is 0.262 bits per heavy atom. The summed E-state index contributed by atoms with van der Waals surface area (Å²) in [5.41, 5.74) is 15.1. The first-order valence-electron chi connectivity index (χ1n) is 22.3. The zero-order valence-corrected chi connectivity index (χ0v) is 35.5. The predicted octanol–water partition coefficient (Wildman–Crippen LogP) is 17.0. The van der Waals surface area contributed by atoms with Crippen molar-refractivity contribution in [1.82, 2.24) is 9.13 Å². The van der Waals surface area contributed by atoms with E-state index < -0.39 is 0 Å². The minimum absolute atomic E-state index is 1.08. The topological polar surface area (TPSA) is 13.1 Å². The van der Waals surface area contributed by atoms with Crippen LogP contribution in [0.4, 0.5) is 17.1 Å². The van der Waals surface area contributed by atoms with E-state index in [0.29, 0.717) is 0 Å². The van der Waals surface area contributed by atoms with Gasteiger partial charge >= 0.3 is 0 Å². The molecule has 0 atom stereocenters. The number of fused-ring (bicyclic) bond motifs is 9. The summed E-state index contributed by atoms with van der Waals surface area (Å²) < 4.78 is 4.82. The van der Waals surface area contributed by atoms with Crippen molar-refractivity contribution in [3.8, 4) is 33.6 Å². The van der Waals surface area contributed by atoms with E-state index in [1.54, 1.807) is 0 Å². The lowest BCUT2D eigenvalue weighted by Crippen LogP contribution is -2.10. The van der Waals surface area contributed by atoms with Gasteiger partial charge in [-0.2, -0.15) is 0 Å². The minimum atomic E-state index is 1.08. The molecule has 0 saturated heterocycles. The van der Waals surface area contributed by atoms with Crippen LogP contribution in [0, 0.1) is 0 Å². The molecule has 0 amide bonds. The summed E-state index contributed by atoms with van der Waals surface area (Å²) in [6.45, 7) is 0. The van der Waals surface area contributed by atoms with Gasteiger partial charge in [-0.1, -0.05) is 170 Å². The van der Waals surface area contributed by atoms with E-state index in [9.17, 15) is 0 Å². The van der Waals surface area contributed by atoms with E-state index >= 15 is 0 Å².